The highest BCUT2D eigenvalue weighted by molar-refractivity contribution is 6.32. The molecule has 0 bridgehead atoms. The van der Waals surface area contributed by atoms with Gasteiger partial charge in [0.15, 0.2) is 5.82 Å². The molecule has 0 spiro atoms. The first-order valence-electron chi connectivity index (χ1n) is 4.05. The van der Waals surface area contributed by atoms with E-state index in [1.165, 1.54) is 6.33 Å². The summed E-state index contributed by atoms with van der Waals surface area (Å²) in [6, 6.07) is 0.215. The summed E-state index contributed by atoms with van der Waals surface area (Å²) < 4.78 is 0. The van der Waals surface area contributed by atoms with Gasteiger partial charge in [-0.05, 0) is 6.92 Å². The molecule has 5 heteroatoms. The first-order valence-corrected chi connectivity index (χ1v) is 4.43. The molecule has 2 N–H and O–H groups in total. The molecule has 0 aliphatic heterocycles. The Bertz CT molecular complexity index is 279. The van der Waals surface area contributed by atoms with Gasteiger partial charge in [-0.2, -0.15) is 0 Å². The molecule has 0 saturated carbocycles. The quantitative estimate of drug-likeness (QED) is 0.788. The van der Waals surface area contributed by atoms with Crippen LogP contribution in [-0.2, 0) is 0 Å². The number of aromatic nitrogens is 2. The van der Waals surface area contributed by atoms with Gasteiger partial charge in [-0.25, -0.2) is 9.97 Å². The number of halogens is 1. The summed E-state index contributed by atoms with van der Waals surface area (Å²) in [6.45, 7) is 2.58. The van der Waals surface area contributed by atoms with Crippen LogP contribution in [0.3, 0.4) is 0 Å². The van der Waals surface area contributed by atoms with Gasteiger partial charge in [-0.1, -0.05) is 11.6 Å². The molecule has 1 unspecified atom stereocenters. The monoisotopic (exact) mass is 200 g/mol. The van der Waals surface area contributed by atoms with E-state index < -0.39 is 0 Å². The second-order valence-electron chi connectivity index (χ2n) is 2.89. The van der Waals surface area contributed by atoms with Gasteiger partial charge in [0, 0.05) is 19.6 Å². The topological polar surface area (TPSA) is 55.0 Å². The Morgan fingerprint density at radius 2 is 2.38 bits per heavy atom. The molecule has 1 heterocycles. The van der Waals surface area contributed by atoms with E-state index in [2.05, 4.69) is 9.97 Å². The SMILES string of the molecule is CC(CN)N(C)c1ncncc1Cl. The van der Waals surface area contributed by atoms with Gasteiger partial charge in [-0.3, -0.25) is 0 Å². The third-order valence-corrected chi connectivity index (χ3v) is 2.25. The summed E-state index contributed by atoms with van der Waals surface area (Å²) in [6.07, 6.45) is 3.05. The van der Waals surface area contributed by atoms with Crippen LogP contribution >= 0.6 is 11.6 Å². The Balaban J connectivity index is 2.88. The Kier molecular flexibility index (Phi) is 3.45. The maximum atomic E-state index is 5.91. The first-order chi connectivity index (χ1) is 6.16. The number of nitrogens with zero attached hydrogens (tertiary/aromatic N) is 3. The fourth-order valence-electron chi connectivity index (χ4n) is 0.933. The maximum Gasteiger partial charge on any atom is 0.150 e. The highest BCUT2D eigenvalue weighted by Gasteiger charge is 2.12. The maximum absolute atomic E-state index is 5.91. The minimum absolute atomic E-state index is 0.215. The molecule has 72 valence electrons. The number of likely N-dealkylation sites (N-methyl/N-ethyl adjacent to an activating group) is 1. The van der Waals surface area contributed by atoms with Crippen molar-refractivity contribution in [3.05, 3.63) is 17.5 Å². The molecule has 0 aliphatic carbocycles. The van der Waals surface area contributed by atoms with Crippen LogP contribution in [0.5, 0.6) is 0 Å². The summed E-state index contributed by atoms with van der Waals surface area (Å²) in [5.74, 6) is 0.717. The molecule has 0 amide bonds. The fourth-order valence-corrected chi connectivity index (χ4v) is 1.17. The highest BCUT2D eigenvalue weighted by atomic mass is 35.5. The van der Waals surface area contributed by atoms with Crippen molar-refractivity contribution in [1.29, 1.82) is 0 Å². The van der Waals surface area contributed by atoms with Gasteiger partial charge in [0.05, 0.1) is 6.20 Å². The lowest BCUT2D eigenvalue weighted by atomic mass is 10.3. The van der Waals surface area contributed by atoms with Crippen LogP contribution in [0.1, 0.15) is 6.92 Å². The van der Waals surface area contributed by atoms with E-state index in [4.69, 9.17) is 17.3 Å². The largest absolute Gasteiger partial charge is 0.354 e. The second-order valence-corrected chi connectivity index (χ2v) is 3.30. The van der Waals surface area contributed by atoms with Gasteiger partial charge >= 0.3 is 0 Å². The zero-order valence-electron chi connectivity index (χ0n) is 7.74. The average Bonchev–Trinajstić information content (AvgIpc) is 2.16. The van der Waals surface area contributed by atoms with Crippen LogP contribution in [0.25, 0.3) is 0 Å². The molecular formula is C8H13ClN4. The molecule has 1 aromatic rings. The Morgan fingerprint density at radius 3 is 2.92 bits per heavy atom. The highest BCUT2D eigenvalue weighted by Crippen LogP contribution is 2.21. The number of rotatable bonds is 3. The molecule has 1 rings (SSSR count). The minimum Gasteiger partial charge on any atom is -0.354 e. The fraction of sp³-hybridized carbons (Fsp3) is 0.500. The van der Waals surface area contributed by atoms with Crippen LogP contribution in [-0.4, -0.2) is 29.6 Å². The van der Waals surface area contributed by atoms with Gasteiger partial charge in [0.25, 0.3) is 0 Å². The van der Waals surface area contributed by atoms with E-state index in [0.717, 1.165) is 5.82 Å². The van der Waals surface area contributed by atoms with Gasteiger partial charge in [0.2, 0.25) is 0 Å². The van der Waals surface area contributed by atoms with Crippen LogP contribution in [0.15, 0.2) is 12.5 Å². The van der Waals surface area contributed by atoms with Crippen LogP contribution in [0.4, 0.5) is 5.82 Å². The van der Waals surface area contributed by atoms with E-state index in [1.54, 1.807) is 6.20 Å². The zero-order valence-corrected chi connectivity index (χ0v) is 8.49. The third kappa shape index (κ3) is 2.29. The van der Waals surface area contributed by atoms with Gasteiger partial charge in [-0.15, -0.1) is 0 Å². The minimum atomic E-state index is 0.215. The van der Waals surface area contributed by atoms with Crippen LogP contribution < -0.4 is 10.6 Å². The van der Waals surface area contributed by atoms with Crippen molar-refractivity contribution in [2.45, 2.75) is 13.0 Å². The molecule has 0 aliphatic rings. The smallest absolute Gasteiger partial charge is 0.150 e. The normalized spacial score (nSPS) is 12.6. The van der Waals surface area contributed by atoms with Crippen molar-refractivity contribution in [2.75, 3.05) is 18.5 Å². The van der Waals surface area contributed by atoms with E-state index in [0.29, 0.717) is 11.6 Å². The van der Waals surface area contributed by atoms with Crippen LogP contribution in [0.2, 0.25) is 5.02 Å². The Hall–Kier alpha value is -0.870. The molecular weight excluding hydrogens is 188 g/mol. The predicted molar refractivity (Wildman–Crippen MR) is 54.0 cm³/mol. The lowest BCUT2D eigenvalue weighted by Gasteiger charge is -2.24. The first kappa shape index (κ1) is 10.2. The van der Waals surface area contributed by atoms with Crippen molar-refractivity contribution in [2.24, 2.45) is 5.73 Å². The summed E-state index contributed by atoms with van der Waals surface area (Å²) in [5.41, 5.74) is 5.53. The summed E-state index contributed by atoms with van der Waals surface area (Å²) in [7, 11) is 1.91. The zero-order chi connectivity index (χ0) is 9.84. The van der Waals surface area contributed by atoms with Crippen molar-refractivity contribution in [1.82, 2.24) is 9.97 Å². The number of anilines is 1. The van der Waals surface area contributed by atoms with Gasteiger partial charge in [0.1, 0.15) is 11.3 Å². The van der Waals surface area contributed by atoms with Gasteiger partial charge < -0.3 is 10.6 Å². The summed E-state index contributed by atoms with van der Waals surface area (Å²) >= 11 is 5.91. The predicted octanol–water partition coefficient (Wildman–Crippen LogP) is 0.913. The lowest BCUT2D eigenvalue weighted by molar-refractivity contribution is 0.686. The van der Waals surface area contributed by atoms with E-state index in [9.17, 15) is 0 Å². The molecule has 4 nitrogen and oxygen atoms in total. The number of nitrogens with two attached hydrogens (primary N) is 1. The number of hydrogen-bond donors (Lipinski definition) is 1. The average molecular weight is 201 g/mol. The molecule has 1 atom stereocenters. The molecule has 0 radical (unpaired) electrons. The van der Waals surface area contributed by atoms with Crippen molar-refractivity contribution >= 4 is 17.4 Å². The molecule has 0 aromatic carbocycles. The summed E-state index contributed by atoms with van der Waals surface area (Å²) in [4.78, 5) is 9.82. The van der Waals surface area contributed by atoms with Crippen LogP contribution in [0, 0.1) is 0 Å². The molecule has 0 saturated heterocycles. The standard InChI is InChI=1S/C8H13ClN4/c1-6(3-10)13(2)8-7(9)4-11-5-12-8/h4-6H,3,10H2,1-2H3. The molecule has 13 heavy (non-hydrogen) atoms. The van der Waals surface area contributed by atoms with Crippen molar-refractivity contribution in [3.63, 3.8) is 0 Å². The van der Waals surface area contributed by atoms with E-state index >= 15 is 0 Å². The Labute approximate surface area is 82.7 Å². The molecule has 0 fully saturated rings. The third-order valence-electron chi connectivity index (χ3n) is 1.98. The number of hydrogen-bond acceptors (Lipinski definition) is 4. The van der Waals surface area contributed by atoms with E-state index in [-0.39, 0.29) is 6.04 Å². The Morgan fingerprint density at radius 1 is 1.69 bits per heavy atom. The second kappa shape index (κ2) is 4.39. The van der Waals surface area contributed by atoms with Crippen molar-refractivity contribution < 1.29 is 0 Å². The van der Waals surface area contributed by atoms with E-state index in [1.807, 2.05) is 18.9 Å². The molecule has 1 aromatic heterocycles. The lowest BCUT2D eigenvalue weighted by Crippen LogP contribution is -2.35. The van der Waals surface area contributed by atoms with Crippen molar-refractivity contribution in [3.8, 4) is 0 Å². The summed E-state index contributed by atoms with van der Waals surface area (Å²) in [5, 5.41) is 0.547.